The number of rotatable bonds is 3. The van der Waals surface area contributed by atoms with Gasteiger partial charge in [-0.25, -0.2) is 0 Å². The molecule has 16 heavy (non-hydrogen) atoms. The minimum atomic E-state index is 0.329. The van der Waals surface area contributed by atoms with E-state index in [-0.39, 0.29) is 0 Å². The normalized spacial score (nSPS) is 30.6. The minimum absolute atomic E-state index is 0.329. The van der Waals surface area contributed by atoms with E-state index in [2.05, 4.69) is 26.5 Å². The van der Waals surface area contributed by atoms with Gasteiger partial charge >= 0.3 is 0 Å². The molecule has 1 fully saturated rings. The van der Waals surface area contributed by atoms with Gasteiger partial charge in [-0.1, -0.05) is 26.0 Å². The van der Waals surface area contributed by atoms with Gasteiger partial charge in [-0.2, -0.15) is 0 Å². The van der Waals surface area contributed by atoms with Gasteiger partial charge in [-0.3, -0.25) is 0 Å². The molecule has 2 atom stereocenters. The first-order valence-corrected chi connectivity index (χ1v) is 6.32. The van der Waals surface area contributed by atoms with Crippen molar-refractivity contribution >= 4 is 0 Å². The Bertz CT molecular complexity index is 350. The number of furan rings is 1. The van der Waals surface area contributed by atoms with Crippen LogP contribution in [-0.2, 0) is 6.42 Å². The van der Waals surface area contributed by atoms with Crippen LogP contribution in [-0.4, -0.2) is 0 Å². The van der Waals surface area contributed by atoms with E-state index in [4.69, 9.17) is 4.42 Å². The zero-order valence-electron chi connectivity index (χ0n) is 10.5. The molecule has 0 N–H and O–H groups in total. The highest BCUT2D eigenvalue weighted by molar-refractivity contribution is 5.15. The summed E-state index contributed by atoms with van der Waals surface area (Å²) in [4.78, 5) is 0. The summed E-state index contributed by atoms with van der Waals surface area (Å²) in [5.74, 6) is 0.764. The molecule has 1 heteroatoms. The number of aryl methyl sites for hydroxylation is 1. The molecule has 1 aromatic rings. The Labute approximate surface area is 98.5 Å². The minimum Gasteiger partial charge on any atom is -0.472 e. The topological polar surface area (TPSA) is 13.1 Å². The Hall–Kier alpha value is -0.980. The molecule has 0 saturated heterocycles. The zero-order chi connectivity index (χ0) is 11.6. The van der Waals surface area contributed by atoms with Crippen LogP contribution in [0.15, 0.2) is 35.2 Å². The van der Waals surface area contributed by atoms with E-state index in [1.54, 1.807) is 6.26 Å². The lowest BCUT2D eigenvalue weighted by Crippen LogP contribution is -2.31. The predicted octanol–water partition coefficient (Wildman–Crippen LogP) is 4.59. The van der Waals surface area contributed by atoms with Crippen LogP contribution in [0.2, 0.25) is 0 Å². The average Bonchev–Trinajstić information content (AvgIpc) is 2.76. The van der Waals surface area contributed by atoms with Crippen molar-refractivity contribution in [2.24, 2.45) is 11.3 Å². The van der Waals surface area contributed by atoms with Gasteiger partial charge in [0.25, 0.3) is 0 Å². The Morgan fingerprint density at radius 1 is 1.56 bits per heavy atom. The molecular formula is C15H22O. The monoisotopic (exact) mass is 218 g/mol. The largest absolute Gasteiger partial charge is 0.472 e. The van der Waals surface area contributed by atoms with Crippen molar-refractivity contribution in [3.05, 3.63) is 36.3 Å². The highest BCUT2D eigenvalue weighted by atomic mass is 16.3. The van der Waals surface area contributed by atoms with Crippen molar-refractivity contribution in [1.82, 2.24) is 0 Å². The predicted molar refractivity (Wildman–Crippen MR) is 67.3 cm³/mol. The molecule has 0 spiro atoms. The van der Waals surface area contributed by atoms with Gasteiger partial charge in [0.2, 0.25) is 0 Å². The summed E-state index contributed by atoms with van der Waals surface area (Å²) < 4.78 is 5.12. The SMILES string of the molecule is C=C1CCC[C@@H](C)[C@@]1(C)CCc1ccoc1. The van der Waals surface area contributed by atoms with Crippen LogP contribution in [0.25, 0.3) is 0 Å². The Morgan fingerprint density at radius 2 is 2.38 bits per heavy atom. The summed E-state index contributed by atoms with van der Waals surface area (Å²) >= 11 is 0. The highest BCUT2D eigenvalue weighted by Crippen LogP contribution is 2.47. The van der Waals surface area contributed by atoms with Gasteiger partial charge in [0, 0.05) is 0 Å². The first-order chi connectivity index (χ1) is 7.63. The zero-order valence-corrected chi connectivity index (χ0v) is 10.5. The summed E-state index contributed by atoms with van der Waals surface area (Å²) in [6, 6.07) is 2.07. The van der Waals surface area contributed by atoms with E-state index >= 15 is 0 Å². The standard InChI is InChI=1S/C15H22O/c1-12-5-4-6-13(2)15(12,3)9-7-14-8-10-16-11-14/h8,10-11,13H,1,4-7,9H2,2-3H3/t13-,15+/m1/s1. The quantitative estimate of drug-likeness (QED) is 0.676. The summed E-state index contributed by atoms with van der Waals surface area (Å²) in [7, 11) is 0. The maximum Gasteiger partial charge on any atom is 0.0934 e. The second-order valence-electron chi connectivity index (χ2n) is 5.45. The van der Waals surface area contributed by atoms with Crippen LogP contribution in [0.5, 0.6) is 0 Å². The van der Waals surface area contributed by atoms with Crippen LogP contribution < -0.4 is 0 Å². The van der Waals surface area contributed by atoms with Crippen molar-refractivity contribution in [3.8, 4) is 0 Å². The number of hydrogen-bond donors (Lipinski definition) is 0. The lowest BCUT2D eigenvalue weighted by molar-refractivity contribution is 0.187. The van der Waals surface area contributed by atoms with Crippen molar-refractivity contribution in [2.75, 3.05) is 0 Å². The van der Waals surface area contributed by atoms with Crippen LogP contribution in [0.3, 0.4) is 0 Å². The third-order valence-corrected chi connectivity index (χ3v) is 4.52. The van der Waals surface area contributed by atoms with Gasteiger partial charge in [0.1, 0.15) is 0 Å². The van der Waals surface area contributed by atoms with Gasteiger partial charge < -0.3 is 4.42 Å². The van der Waals surface area contributed by atoms with Gasteiger partial charge in [0.15, 0.2) is 0 Å². The molecule has 1 saturated carbocycles. The number of hydrogen-bond acceptors (Lipinski definition) is 1. The van der Waals surface area contributed by atoms with Gasteiger partial charge in [0.05, 0.1) is 12.5 Å². The summed E-state index contributed by atoms with van der Waals surface area (Å²) in [6.07, 6.45) is 9.81. The molecular weight excluding hydrogens is 196 g/mol. The molecule has 0 unspecified atom stereocenters. The lowest BCUT2D eigenvalue weighted by atomic mass is 9.63. The fourth-order valence-corrected chi connectivity index (χ4v) is 2.84. The average molecular weight is 218 g/mol. The smallest absolute Gasteiger partial charge is 0.0934 e. The summed E-state index contributed by atoms with van der Waals surface area (Å²) in [5.41, 5.74) is 3.09. The van der Waals surface area contributed by atoms with E-state index in [0.717, 1.165) is 12.3 Å². The third kappa shape index (κ3) is 2.09. The molecule has 0 aromatic carbocycles. The summed E-state index contributed by atoms with van der Waals surface area (Å²) in [6.45, 7) is 9.06. The van der Waals surface area contributed by atoms with Crippen LogP contribution >= 0.6 is 0 Å². The first kappa shape index (κ1) is 11.5. The Balaban J connectivity index is 2.02. The van der Waals surface area contributed by atoms with E-state index in [1.807, 2.05) is 6.26 Å². The molecule has 1 aliphatic carbocycles. The first-order valence-electron chi connectivity index (χ1n) is 6.32. The maximum absolute atomic E-state index is 5.12. The fraction of sp³-hybridized carbons (Fsp3) is 0.600. The summed E-state index contributed by atoms with van der Waals surface area (Å²) in [5, 5.41) is 0. The van der Waals surface area contributed by atoms with E-state index < -0.39 is 0 Å². The van der Waals surface area contributed by atoms with Crippen LogP contribution in [0, 0.1) is 11.3 Å². The number of allylic oxidation sites excluding steroid dienone is 1. The second kappa shape index (κ2) is 4.48. The maximum atomic E-state index is 5.12. The molecule has 1 aromatic heterocycles. The fourth-order valence-electron chi connectivity index (χ4n) is 2.84. The molecule has 0 bridgehead atoms. The molecule has 0 aliphatic heterocycles. The molecule has 1 nitrogen and oxygen atoms in total. The molecule has 2 rings (SSSR count). The molecule has 1 heterocycles. The third-order valence-electron chi connectivity index (χ3n) is 4.52. The Morgan fingerprint density at radius 3 is 3.00 bits per heavy atom. The Kier molecular flexibility index (Phi) is 3.22. The van der Waals surface area contributed by atoms with Crippen LogP contribution in [0.4, 0.5) is 0 Å². The second-order valence-corrected chi connectivity index (χ2v) is 5.45. The van der Waals surface area contributed by atoms with Crippen molar-refractivity contribution < 1.29 is 4.42 Å². The van der Waals surface area contributed by atoms with Crippen molar-refractivity contribution in [2.45, 2.75) is 46.0 Å². The van der Waals surface area contributed by atoms with Gasteiger partial charge in [-0.05, 0) is 55.1 Å². The molecule has 0 amide bonds. The van der Waals surface area contributed by atoms with Gasteiger partial charge in [-0.15, -0.1) is 0 Å². The van der Waals surface area contributed by atoms with E-state index in [1.165, 1.54) is 36.8 Å². The van der Waals surface area contributed by atoms with E-state index in [0.29, 0.717) is 5.41 Å². The van der Waals surface area contributed by atoms with Crippen molar-refractivity contribution in [3.63, 3.8) is 0 Å². The molecule has 88 valence electrons. The highest BCUT2D eigenvalue weighted by Gasteiger charge is 2.35. The van der Waals surface area contributed by atoms with Crippen molar-refractivity contribution in [1.29, 1.82) is 0 Å². The van der Waals surface area contributed by atoms with E-state index in [9.17, 15) is 0 Å². The van der Waals surface area contributed by atoms with Crippen LogP contribution in [0.1, 0.15) is 45.1 Å². The molecule has 0 radical (unpaired) electrons. The molecule has 1 aliphatic rings. The lowest BCUT2D eigenvalue weighted by Gasteiger charge is -2.42.